The molecule has 6 heteroatoms. The molecule has 1 saturated carbocycles. The predicted molar refractivity (Wildman–Crippen MR) is 96.7 cm³/mol. The third-order valence-electron chi connectivity index (χ3n) is 5.18. The molecule has 1 N–H and O–H groups in total. The lowest BCUT2D eigenvalue weighted by Gasteiger charge is -2.34. The Morgan fingerprint density at radius 3 is 2.92 bits per heavy atom. The summed E-state index contributed by atoms with van der Waals surface area (Å²) in [6, 6.07) is 6.67. The van der Waals surface area contributed by atoms with Gasteiger partial charge in [0.15, 0.2) is 0 Å². The van der Waals surface area contributed by atoms with Gasteiger partial charge in [0.05, 0.1) is 24.9 Å². The van der Waals surface area contributed by atoms with Gasteiger partial charge in [-0.1, -0.05) is 0 Å². The number of pyridine rings is 2. The summed E-state index contributed by atoms with van der Waals surface area (Å²) >= 11 is 0. The quantitative estimate of drug-likeness (QED) is 0.796. The topological polar surface area (TPSA) is 66.9 Å². The fourth-order valence-electron chi connectivity index (χ4n) is 3.70. The Balaban J connectivity index is 1.72. The van der Waals surface area contributed by atoms with Crippen LogP contribution in [0.5, 0.6) is 0 Å². The molecule has 0 radical (unpaired) electrons. The maximum Gasteiger partial charge on any atom is 0.130 e. The van der Waals surface area contributed by atoms with E-state index in [-0.39, 0.29) is 0 Å². The van der Waals surface area contributed by atoms with E-state index in [4.69, 9.17) is 9.72 Å². The summed E-state index contributed by atoms with van der Waals surface area (Å²) in [4.78, 5) is 12.0. The van der Waals surface area contributed by atoms with Gasteiger partial charge in [0.25, 0.3) is 0 Å². The maximum atomic E-state index is 5.60. The second-order valence-corrected chi connectivity index (χ2v) is 6.99. The van der Waals surface area contributed by atoms with Crippen LogP contribution in [0.2, 0.25) is 0 Å². The first-order valence-corrected chi connectivity index (χ1v) is 8.95. The van der Waals surface area contributed by atoms with Gasteiger partial charge in [0.1, 0.15) is 17.0 Å². The number of aromatic nitrogens is 4. The van der Waals surface area contributed by atoms with Crippen LogP contribution in [-0.4, -0.2) is 46.0 Å². The van der Waals surface area contributed by atoms with Gasteiger partial charge < -0.3 is 9.64 Å². The number of nitrogens with zero attached hydrogens (tertiary/aromatic N) is 4. The highest BCUT2D eigenvalue weighted by Crippen LogP contribution is 2.45. The van der Waals surface area contributed by atoms with Crippen LogP contribution in [0.4, 0.5) is 5.82 Å². The summed E-state index contributed by atoms with van der Waals surface area (Å²) < 4.78 is 5.60. The summed E-state index contributed by atoms with van der Waals surface area (Å²) in [5.41, 5.74) is 4.15. The Kier molecular flexibility index (Phi) is 3.45. The molecule has 128 valence electrons. The summed E-state index contributed by atoms with van der Waals surface area (Å²) in [5, 5.41) is 8.33. The smallest absolute Gasteiger partial charge is 0.130 e. The number of H-pyrrole nitrogens is 1. The normalized spacial score (nSPS) is 21.0. The minimum atomic E-state index is 0.332. The van der Waals surface area contributed by atoms with E-state index in [1.807, 2.05) is 12.3 Å². The number of anilines is 1. The molecule has 3 aromatic heterocycles. The molecule has 0 unspecified atom stereocenters. The van der Waals surface area contributed by atoms with Crippen LogP contribution in [0.25, 0.3) is 22.3 Å². The van der Waals surface area contributed by atoms with Crippen LogP contribution in [0.15, 0.2) is 30.6 Å². The Hall–Kier alpha value is -2.47. The van der Waals surface area contributed by atoms with Crippen LogP contribution in [0.3, 0.4) is 0 Å². The molecule has 1 atom stereocenters. The fraction of sp³-hybridized carbons (Fsp3) is 0.421. The van der Waals surface area contributed by atoms with E-state index in [1.165, 1.54) is 23.8 Å². The minimum absolute atomic E-state index is 0.332. The van der Waals surface area contributed by atoms with Crippen LogP contribution in [0, 0.1) is 0 Å². The van der Waals surface area contributed by atoms with Gasteiger partial charge in [-0.15, -0.1) is 0 Å². The Labute approximate surface area is 146 Å². The van der Waals surface area contributed by atoms with E-state index in [0.717, 1.165) is 42.5 Å². The summed E-state index contributed by atoms with van der Waals surface area (Å²) in [6.45, 7) is 4.58. The number of aromatic amines is 1. The number of rotatable bonds is 3. The number of hydrogen-bond acceptors (Lipinski definition) is 5. The average Bonchev–Trinajstić information content (AvgIpc) is 3.35. The number of morpholine rings is 1. The van der Waals surface area contributed by atoms with Crippen molar-refractivity contribution in [1.29, 1.82) is 0 Å². The van der Waals surface area contributed by atoms with Crippen LogP contribution >= 0.6 is 0 Å². The predicted octanol–water partition coefficient (Wildman–Crippen LogP) is 3.12. The molecular weight excluding hydrogens is 314 g/mol. The summed E-state index contributed by atoms with van der Waals surface area (Å²) in [6.07, 6.45) is 6.16. The van der Waals surface area contributed by atoms with Gasteiger partial charge in [-0.25, -0.2) is 4.98 Å². The van der Waals surface area contributed by atoms with Crippen molar-refractivity contribution in [2.24, 2.45) is 0 Å². The van der Waals surface area contributed by atoms with Crippen molar-refractivity contribution in [3.63, 3.8) is 0 Å². The molecule has 5 rings (SSSR count). The van der Waals surface area contributed by atoms with Gasteiger partial charge in [-0.05, 0) is 49.4 Å². The molecule has 6 nitrogen and oxygen atoms in total. The summed E-state index contributed by atoms with van der Waals surface area (Å²) in [5.74, 6) is 1.69. The molecule has 0 spiro atoms. The van der Waals surface area contributed by atoms with E-state index in [9.17, 15) is 0 Å². The van der Waals surface area contributed by atoms with Crippen molar-refractivity contribution in [2.75, 3.05) is 24.7 Å². The van der Waals surface area contributed by atoms with Crippen LogP contribution in [-0.2, 0) is 4.74 Å². The molecule has 3 aromatic rings. The molecule has 2 aliphatic rings. The Bertz CT molecular complexity index is 904. The lowest BCUT2D eigenvalue weighted by molar-refractivity contribution is 0.0985. The van der Waals surface area contributed by atoms with Crippen molar-refractivity contribution in [3.8, 4) is 11.4 Å². The molecule has 0 amide bonds. The molecule has 1 aliphatic carbocycles. The van der Waals surface area contributed by atoms with E-state index in [0.29, 0.717) is 12.0 Å². The summed E-state index contributed by atoms with van der Waals surface area (Å²) in [7, 11) is 0. The van der Waals surface area contributed by atoms with Crippen molar-refractivity contribution >= 4 is 16.7 Å². The van der Waals surface area contributed by atoms with Crippen molar-refractivity contribution in [2.45, 2.75) is 31.7 Å². The number of fused-ring (bicyclic) bond motifs is 1. The van der Waals surface area contributed by atoms with Crippen LogP contribution in [0.1, 0.15) is 31.2 Å². The van der Waals surface area contributed by atoms with Gasteiger partial charge in [0, 0.05) is 24.3 Å². The highest BCUT2D eigenvalue weighted by molar-refractivity contribution is 5.94. The third kappa shape index (κ3) is 2.57. The Morgan fingerprint density at radius 1 is 1.24 bits per heavy atom. The first-order valence-electron chi connectivity index (χ1n) is 8.95. The zero-order valence-electron chi connectivity index (χ0n) is 14.3. The second kappa shape index (κ2) is 5.81. The zero-order chi connectivity index (χ0) is 16.8. The number of ether oxygens (including phenoxy) is 1. The largest absolute Gasteiger partial charge is 0.377 e. The van der Waals surface area contributed by atoms with Gasteiger partial charge in [0.2, 0.25) is 0 Å². The highest BCUT2D eigenvalue weighted by atomic mass is 16.5. The average molecular weight is 335 g/mol. The van der Waals surface area contributed by atoms with Crippen molar-refractivity contribution in [3.05, 3.63) is 36.2 Å². The first kappa shape index (κ1) is 14.8. The Morgan fingerprint density at radius 2 is 2.16 bits per heavy atom. The SMILES string of the molecule is C[C@@H]1COCCN1c1cc(C2CC2)c2ccnc(-c3ccn[nH]3)c2n1. The van der Waals surface area contributed by atoms with E-state index < -0.39 is 0 Å². The zero-order valence-corrected chi connectivity index (χ0v) is 14.3. The van der Waals surface area contributed by atoms with Gasteiger partial charge >= 0.3 is 0 Å². The molecule has 4 heterocycles. The van der Waals surface area contributed by atoms with Crippen LogP contribution < -0.4 is 4.90 Å². The number of hydrogen-bond donors (Lipinski definition) is 1. The van der Waals surface area contributed by atoms with Gasteiger partial charge in [-0.3, -0.25) is 10.1 Å². The molecule has 25 heavy (non-hydrogen) atoms. The minimum Gasteiger partial charge on any atom is -0.377 e. The highest BCUT2D eigenvalue weighted by Gasteiger charge is 2.29. The lowest BCUT2D eigenvalue weighted by atomic mass is 10.0. The molecule has 1 saturated heterocycles. The molecule has 0 aromatic carbocycles. The monoisotopic (exact) mass is 335 g/mol. The second-order valence-electron chi connectivity index (χ2n) is 6.99. The molecule has 2 fully saturated rings. The molecular formula is C19H21N5O. The van der Waals surface area contributed by atoms with E-state index in [2.05, 4.69) is 39.1 Å². The third-order valence-corrected chi connectivity index (χ3v) is 5.18. The van der Waals surface area contributed by atoms with Crippen molar-refractivity contribution in [1.82, 2.24) is 20.2 Å². The van der Waals surface area contributed by atoms with Gasteiger partial charge in [-0.2, -0.15) is 5.10 Å². The van der Waals surface area contributed by atoms with Crippen molar-refractivity contribution < 1.29 is 4.74 Å². The van der Waals surface area contributed by atoms with E-state index >= 15 is 0 Å². The van der Waals surface area contributed by atoms with E-state index in [1.54, 1.807) is 6.20 Å². The molecule has 0 bridgehead atoms. The molecule has 1 aliphatic heterocycles. The standard InChI is InChI=1S/C19H21N5O/c1-12-11-25-9-8-24(12)17-10-15(13-2-3-13)14-4-6-20-19(18(14)22-17)16-5-7-21-23-16/h4-7,10,12-13H,2-3,8-9,11H2,1H3,(H,21,23)/t12-/m1/s1. The maximum absolute atomic E-state index is 5.60. The fourth-order valence-corrected chi connectivity index (χ4v) is 3.70. The number of nitrogens with one attached hydrogen (secondary N) is 1. The first-order chi connectivity index (χ1) is 12.3. The lowest BCUT2D eigenvalue weighted by Crippen LogP contribution is -2.44.